The normalized spacial score (nSPS) is 39.1. The average molecular weight is 309 g/mol. The first kappa shape index (κ1) is 16.7. The Kier molecular flexibility index (Phi) is 6.14. The predicted molar refractivity (Wildman–Crippen MR) is 92.6 cm³/mol. The van der Waals surface area contributed by atoms with Gasteiger partial charge in [-0.15, -0.1) is 0 Å². The molecule has 22 heavy (non-hydrogen) atoms. The summed E-state index contributed by atoms with van der Waals surface area (Å²) < 4.78 is 0. The van der Waals surface area contributed by atoms with Crippen LogP contribution >= 0.6 is 0 Å². The minimum Gasteiger partial charge on any atom is -0.318 e. The van der Waals surface area contributed by atoms with Gasteiger partial charge in [-0.3, -0.25) is 10.9 Å². The summed E-state index contributed by atoms with van der Waals surface area (Å²) in [5.74, 6) is 3.78. The predicted octanol–water partition coefficient (Wildman–Crippen LogP) is 1.84. The van der Waals surface area contributed by atoms with Gasteiger partial charge in [-0.1, -0.05) is 25.7 Å². The number of fused-ring (bicyclic) bond motifs is 1. The second-order valence-corrected chi connectivity index (χ2v) is 8.05. The topological polar surface area (TPSA) is 39.3 Å². The van der Waals surface area contributed by atoms with E-state index in [1.54, 1.807) is 0 Å². The molecule has 5 atom stereocenters. The zero-order chi connectivity index (χ0) is 15.4. The number of hydrazine groups is 1. The lowest BCUT2D eigenvalue weighted by atomic mass is 9.65. The maximum absolute atomic E-state index is 3.64. The van der Waals surface area contributed by atoms with Crippen molar-refractivity contribution in [2.75, 3.05) is 40.3 Å². The molecule has 4 nitrogen and oxygen atoms in total. The van der Waals surface area contributed by atoms with Gasteiger partial charge in [0.2, 0.25) is 0 Å². The number of rotatable bonds is 6. The molecular formula is C18H36N4. The van der Waals surface area contributed by atoms with E-state index in [9.17, 15) is 0 Å². The molecule has 3 aliphatic rings. The summed E-state index contributed by atoms with van der Waals surface area (Å²) >= 11 is 0. The van der Waals surface area contributed by atoms with Gasteiger partial charge in [-0.05, 0) is 51.1 Å². The van der Waals surface area contributed by atoms with Crippen molar-refractivity contribution in [1.29, 1.82) is 0 Å². The molecule has 0 radical (unpaired) electrons. The van der Waals surface area contributed by atoms with Gasteiger partial charge in [0.1, 0.15) is 0 Å². The highest BCUT2D eigenvalue weighted by Gasteiger charge is 2.39. The lowest BCUT2D eigenvalue weighted by Crippen LogP contribution is -2.45. The quantitative estimate of drug-likeness (QED) is 0.700. The van der Waals surface area contributed by atoms with Crippen molar-refractivity contribution in [2.24, 2.45) is 23.7 Å². The van der Waals surface area contributed by atoms with Gasteiger partial charge < -0.3 is 10.2 Å². The van der Waals surface area contributed by atoms with Crippen LogP contribution in [0.5, 0.6) is 0 Å². The van der Waals surface area contributed by atoms with Gasteiger partial charge in [0.05, 0.1) is 0 Å². The SMILES string of the molecule is CNCCN(C)CC1CNNC1C1CCC2CCCCC2C1. The number of nitrogens with zero attached hydrogens (tertiary/aromatic N) is 1. The fourth-order valence-corrected chi connectivity index (χ4v) is 5.26. The fourth-order valence-electron chi connectivity index (χ4n) is 5.26. The Hall–Kier alpha value is -0.160. The number of likely N-dealkylation sites (N-methyl/N-ethyl adjacent to an activating group) is 2. The van der Waals surface area contributed by atoms with Crippen molar-refractivity contribution in [3.63, 3.8) is 0 Å². The molecule has 0 aromatic heterocycles. The number of nitrogens with one attached hydrogen (secondary N) is 3. The van der Waals surface area contributed by atoms with Crippen molar-refractivity contribution in [1.82, 2.24) is 21.1 Å². The molecule has 128 valence electrons. The van der Waals surface area contributed by atoms with Crippen molar-refractivity contribution >= 4 is 0 Å². The maximum atomic E-state index is 3.64. The van der Waals surface area contributed by atoms with E-state index in [-0.39, 0.29) is 0 Å². The van der Waals surface area contributed by atoms with E-state index < -0.39 is 0 Å². The second-order valence-electron chi connectivity index (χ2n) is 8.05. The van der Waals surface area contributed by atoms with Gasteiger partial charge in [0.15, 0.2) is 0 Å². The van der Waals surface area contributed by atoms with Crippen LogP contribution in [0, 0.1) is 23.7 Å². The Morgan fingerprint density at radius 3 is 2.64 bits per heavy atom. The molecule has 1 aliphatic heterocycles. The smallest absolute Gasteiger partial charge is 0.0294 e. The zero-order valence-electron chi connectivity index (χ0n) is 14.6. The van der Waals surface area contributed by atoms with Crippen LogP contribution < -0.4 is 16.2 Å². The monoisotopic (exact) mass is 308 g/mol. The van der Waals surface area contributed by atoms with Crippen LogP contribution in [-0.4, -0.2) is 51.2 Å². The Balaban J connectivity index is 1.51. The van der Waals surface area contributed by atoms with Crippen molar-refractivity contribution < 1.29 is 0 Å². The van der Waals surface area contributed by atoms with Crippen molar-refractivity contribution in [3.05, 3.63) is 0 Å². The third kappa shape index (κ3) is 4.02. The second kappa shape index (κ2) is 8.09. The summed E-state index contributed by atoms with van der Waals surface area (Å²) in [5.41, 5.74) is 7.10. The van der Waals surface area contributed by atoms with Crippen LogP contribution in [0.15, 0.2) is 0 Å². The van der Waals surface area contributed by atoms with Crippen molar-refractivity contribution in [3.8, 4) is 0 Å². The molecule has 1 heterocycles. The summed E-state index contributed by atoms with van der Waals surface area (Å²) in [4.78, 5) is 2.50. The molecule has 2 saturated carbocycles. The minimum atomic E-state index is 0.694. The minimum absolute atomic E-state index is 0.694. The highest BCUT2D eigenvalue weighted by molar-refractivity contribution is 4.94. The molecule has 5 unspecified atom stereocenters. The van der Waals surface area contributed by atoms with E-state index >= 15 is 0 Å². The molecule has 2 aliphatic carbocycles. The Morgan fingerprint density at radius 1 is 1.05 bits per heavy atom. The molecule has 3 fully saturated rings. The Morgan fingerprint density at radius 2 is 1.82 bits per heavy atom. The molecule has 3 N–H and O–H groups in total. The fraction of sp³-hybridized carbons (Fsp3) is 1.00. The molecule has 0 spiro atoms. The highest BCUT2D eigenvalue weighted by atomic mass is 15.4. The zero-order valence-corrected chi connectivity index (χ0v) is 14.6. The first-order valence-corrected chi connectivity index (χ1v) is 9.59. The van der Waals surface area contributed by atoms with Crippen LogP contribution in [0.1, 0.15) is 44.9 Å². The molecule has 4 heteroatoms. The van der Waals surface area contributed by atoms with Crippen molar-refractivity contribution in [2.45, 2.75) is 51.0 Å². The van der Waals surface area contributed by atoms with Crippen LogP contribution in [-0.2, 0) is 0 Å². The summed E-state index contributed by atoms with van der Waals surface area (Å²) in [6.45, 7) is 4.59. The summed E-state index contributed by atoms with van der Waals surface area (Å²) in [6.07, 6.45) is 10.4. The van der Waals surface area contributed by atoms with Gasteiger partial charge in [0, 0.05) is 38.1 Å². The first-order chi connectivity index (χ1) is 10.8. The maximum Gasteiger partial charge on any atom is 0.0294 e. The number of hydrogen-bond donors (Lipinski definition) is 3. The highest BCUT2D eigenvalue weighted by Crippen LogP contribution is 2.44. The van der Waals surface area contributed by atoms with Gasteiger partial charge in [-0.25, -0.2) is 0 Å². The molecule has 1 saturated heterocycles. The lowest BCUT2D eigenvalue weighted by Gasteiger charge is -2.42. The third-order valence-corrected chi connectivity index (χ3v) is 6.52. The van der Waals surface area contributed by atoms with Crippen LogP contribution in [0.4, 0.5) is 0 Å². The van der Waals surface area contributed by atoms with Crippen LogP contribution in [0.2, 0.25) is 0 Å². The summed E-state index contributed by atoms with van der Waals surface area (Å²) in [7, 11) is 4.31. The van der Waals surface area contributed by atoms with E-state index in [4.69, 9.17) is 0 Å². The molecule has 3 rings (SSSR count). The average Bonchev–Trinajstić information content (AvgIpc) is 3.00. The first-order valence-electron chi connectivity index (χ1n) is 9.59. The molecule has 0 aromatic rings. The lowest BCUT2D eigenvalue weighted by molar-refractivity contribution is 0.0983. The Bertz CT molecular complexity index is 335. The van der Waals surface area contributed by atoms with E-state index in [0.29, 0.717) is 6.04 Å². The molecular weight excluding hydrogens is 272 g/mol. The van der Waals surface area contributed by atoms with Gasteiger partial charge in [0.25, 0.3) is 0 Å². The van der Waals surface area contributed by atoms with Gasteiger partial charge >= 0.3 is 0 Å². The third-order valence-electron chi connectivity index (χ3n) is 6.52. The Labute approximate surface area is 136 Å². The molecule has 0 aromatic carbocycles. The van der Waals surface area contributed by atoms with E-state index in [2.05, 4.69) is 28.1 Å². The van der Waals surface area contributed by atoms with Crippen LogP contribution in [0.25, 0.3) is 0 Å². The largest absolute Gasteiger partial charge is 0.318 e. The van der Waals surface area contributed by atoms with E-state index in [0.717, 1.165) is 43.3 Å². The number of hydrogen-bond acceptors (Lipinski definition) is 4. The van der Waals surface area contributed by atoms with E-state index in [1.807, 2.05) is 7.05 Å². The summed E-state index contributed by atoms with van der Waals surface area (Å²) in [5, 5.41) is 3.26. The molecule has 0 bridgehead atoms. The van der Waals surface area contributed by atoms with E-state index in [1.165, 1.54) is 51.5 Å². The standard InChI is InChI=1S/C18H36N4/c1-19-9-10-22(2)13-17-12-20-21-18(17)16-8-7-14-5-3-4-6-15(14)11-16/h14-21H,3-13H2,1-2H3. The summed E-state index contributed by atoms with van der Waals surface area (Å²) in [6, 6.07) is 0.694. The van der Waals surface area contributed by atoms with Crippen LogP contribution in [0.3, 0.4) is 0 Å². The molecule has 0 amide bonds. The van der Waals surface area contributed by atoms with Gasteiger partial charge in [-0.2, -0.15) is 0 Å².